The first-order valence-electron chi connectivity index (χ1n) is 4.20. The third-order valence-corrected chi connectivity index (χ3v) is 1.79. The van der Waals surface area contributed by atoms with Crippen LogP contribution in [0, 0.1) is 11.3 Å². The van der Waals surface area contributed by atoms with Gasteiger partial charge >= 0.3 is 0 Å². The SMILES string of the molecule is CCCC(C)CCC(C)=N. The van der Waals surface area contributed by atoms with Gasteiger partial charge in [-0.3, -0.25) is 0 Å². The average Bonchev–Trinajstić information content (AvgIpc) is 1.85. The summed E-state index contributed by atoms with van der Waals surface area (Å²) in [4.78, 5) is 0. The van der Waals surface area contributed by atoms with E-state index in [4.69, 9.17) is 5.41 Å². The molecule has 10 heavy (non-hydrogen) atoms. The molecule has 0 fully saturated rings. The van der Waals surface area contributed by atoms with Crippen LogP contribution < -0.4 is 0 Å². The molecule has 1 heteroatoms. The molecular weight excluding hydrogens is 122 g/mol. The highest BCUT2D eigenvalue weighted by Gasteiger charge is 1.99. The molecule has 1 N–H and O–H groups in total. The summed E-state index contributed by atoms with van der Waals surface area (Å²) in [6.07, 6.45) is 4.77. The molecule has 0 aromatic heterocycles. The van der Waals surface area contributed by atoms with Crippen molar-refractivity contribution < 1.29 is 0 Å². The van der Waals surface area contributed by atoms with Gasteiger partial charge in [-0.05, 0) is 25.7 Å². The number of hydrogen-bond acceptors (Lipinski definition) is 1. The fourth-order valence-electron chi connectivity index (χ4n) is 1.10. The zero-order chi connectivity index (χ0) is 7.98. The van der Waals surface area contributed by atoms with E-state index in [0.29, 0.717) is 0 Å². The summed E-state index contributed by atoms with van der Waals surface area (Å²) in [5.74, 6) is 0.810. The van der Waals surface area contributed by atoms with Gasteiger partial charge in [0.15, 0.2) is 0 Å². The summed E-state index contributed by atoms with van der Waals surface area (Å²) in [5, 5.41) is 7.22. The van der Waals surface area contributed by atoms with Crippen molar-refractivity contribution >= 4 is 5.71 Å². The lowest BCUT2D eigenvalue weighted by Crippen LogP contribution is -1.97. The van der Waals surface area contributed by atoms with Gasteiger partial charge in [-0.15, -0.1) is 0 Å². The number of nitrogens with one attached hydrogen (secondary N) is 1. The first kappa shape index (κ1) is 9.67. The van der Waals surface area contributed by atoms with E-state index in [1.165, 1.54) is 19.3 Å². The van der Waals surface area contributed by atoms with Gasteiger partial charge in [0.1, 0.15) is 0 Å². The van der Waals surface area contributed by atoms with Crippen LogP contribution in [0.5, 0.6) is 0 Å². The maximum Gasteiger partial charge on any atom is 0.00583 e. The van der Waals surface area contributed by atoms with E-state index in [2.05, 4.69) is 13.8 Å². The molecule has 0 bridgehead atoms. The Labute approximate surface area is 64.3 Å². The topological polar surface area (TPSA) is 23.9 Å². The molecule has 1 nitrogen and oxygen atoms in total. The molecule has 0 aliphatic rings. The van der Waals surface area contributed by atoms with Crippen molar-refractivity contribution in [1.82, 2.24) is 0 Å². The van der Waals surface area contributed by atoms with Crippen molar-refractivity contribution in [3.8, 4) is 0 Å². The molecule has 0 heterocycles. The van der Waals surface area contributed by atoms with Gasteiger partial charge < -0.3 is 5.41 Å². The summed E-state index contributed by atoms with van der Waals surface area (Å²) < 4.78 is 0. The molecule has 60 valence electrons. The van der Waals surface area contributed by atoms with Gasteiger partial charge in [0.05, 0.1) is 0 Å². The second kappa shape index (κ2) is 5.45. The van der Waals surface area contributed by atoms with E-state index >= 15 is 0 Å². The quantitative estimate of drug-likeness (QED) is 0.568. The van der Waals surface area contributed by atoms with E-state index in [1.807, 2.05) is 6.92 Å². The predicted molar refractivity (Wildman–Crippen MR) is 46.7 cm³/mol. The molecule has 0 aliphatic heterocycles. The summed E-state index contributed by atoms with van der Waals surface area (Å²) in [5.41, 5.74) is 0.822. The Morgan fingerprint density at radius 2 is 2.00 bits per heavy atom. The summed E-state index contributed by atoms with van der Waals surface area (Å²) >= 11 is 0. The van der Waals surface area contributed by atoms with Gasteiger partial charge in [-0.25, -0.2) is 0 Å². The van der Waals surface area contributed by atoms with Crippen LogP contribution in [0.3, 0.4) is 0 Å². The van der Waals surface area contributed by atoms with Crippen LogP contribution in [0.1, 0.15) is 46.5 Å². The molecule has 0 aliphatic carbocycles. The molecule has 0 saturated carbocycles. The van der Waals surface area contributed by atoms with Crippen LogP contribution in [0.2, 0.25) is 0 Å². The molecule has 0 aromatic carbocycles. The third kappa shape index (κ3) is 5.80. The summed E-state index contributed by atoms with van der Waals surface area (Å²) in [7, 11) is 0. The minimum absolute atomic E-state index is 0.810. The lowest BCUT2D eigenvalue weighted by molar-refractivity contribution is 0.495. The highest BCUT2D eigenvalue weighted by Crippen LogP contribution is 2.11. The zero-order valence-electron chi connectivity index (χ0n) is 7.41. The largest absolute Gasteiger partial charge is 0.310 e. The number of hydrogen-bond donors (Lipinski definition) is 1. The molecule has 0 spiro atoms. The molecule has 1 unspecified atom stereocenters. The lowest BCUT2D eigenvalue weighted by atomic mass is 9.99. The Balaban J connectivity index is 3.21. The van der Waals surface area contributed by atoms with Crippen molar-refractivity contribution in [3.63, 3.8) is 0 Å². The van der Waals surface area contributed by atoms with Gasteiger partial charge in [-0.2, -0.15) is 0 Å². The second-order valence-electron chi connectivity index (χ2n) is 3.21. The zero-order valence-corrected chi connectivity index (χ0v) is 7.41. The summed E-state index contributed by atoms with van der Waals surface area (Å²) in [6, 6.07) is 0. The van der Waals surface area contributed by atoms with Crippen molar-refractivity contribution in [1.29, 1.82) is 5.41 Å². The Hall–Kier alpha value is -0.330. The number of rotatable bonds is 5. The first-order chi connectivity index (χ1) is 4.66. The van der Waals surface area contributed by atoms with E-state index in [1.54, 1.807) is 0 Å². The lowest BCUT2D eigenvalue weighted by Gasteiger charge is -2.07. The van der Waals surface area contributed by atoms with Gasteiger partial charge in [0.2, 0.25) is 0 Å². The van der Waals surface area contributed by atoms with Crippen LogP contribution in [0.4, 0.5) is 0 Å². The summed E-state index contributed by atoms with van der Waals surface area (Å²) in [6.45, 7) is 6.37. The highest BCUT2D eigenvalue weighted by molar-refractivity contribution is 5.78. The van der Waals surface area contributed by atoms with Crippen molar-refractivity contribution in [3.05, 3.63) is 0 Å². The first-order valence-corrected chi connectivity index (χ1v) is 4.20. The molecule has 0 aromatic rings. The Morgan fingerprint density at radius 3 is 2.40 bits per heavy atom. The van der Waals surface area contributed by atoms with Gasteiger partial charge in [0.25, 0.3) is 0 Å². The minimum atomic E-state index is 0.810. The predicted octanol–water partition coefficient (Wildman–Crippen LogP) is 3.24. The van der Waals surface area contributed by atoms with Crippen molar-refractivity contribution in [2.45, 2.75) is 46.5 Å². The minimum Gasteiger partial charge on any atom is -0.310 e. The average molecular weight is 141 g/mol. The smallest absolute Gasteiger partial charge is 0.00583 e. The Morgan fingerprint density at radius 1 is 1.40 bits per heavy atom. The van der Waals surface area contributed by atoms with Crippen molar-refractivity contribution in [2.24, 2.45) is 5.92 Å². The molecule has 0 amide bonds. The van der Waals surface area contributed by atoms with Crippen LogP contribution in [-0.2, 0) is 0 Å². The van der Waals surface area contributed by atoms with E-state index in [-0.39, 0.29) is 0 Å². The van der Waals surface area contributed by atoms with Gasteiger partial charge in [0, 0.05) is 5.71 Å². The van der Waals surface area contributed by atoms with E-state index in [9.17, 15) is 0 Å². The van der Waals surface area contributed by atoms with Crippen LogP contribution >= 0.6 is 0 Å². The fourth-order valence-corrected chi connectivity index (χ4v) is 1.10. The third-order valence-electron chi connectivity index (χ3n) is 1.79. The van der Waals surface area contributed by atoms with Crippen LogP contribution in [0.25, 0.3) is 0 Å². The molecule has 0 radical (unpaired) electrons. The highest BCUT2D eigenvalue weighted by atomic mass is 14.4. The normalized spacial score (nSPS) is 13.1. The molecule has 0 saturated heterocycles. The second-order valence-corrected chi connectivity index (χ2v) is 3.21. The molecular formula is C9H19N. The monoisotopic (exact) mass is 141 g/mol. The van der Waals surface area contributed by atoms with Crippen molar-refractivity contribution in [2.75, 3.05) is 0 Å². The maximum absolute atomic E-state index is 7.22. The molecule has 0 rings (SSSR count). The molecule has 1 atom stereocenters. The standard InChI is InChI=1S/C9H19N/c1-4-5-8(2)6-7-9(3)10/h8,10H,4-7H2,1-3H3. The van der Waals surface area contributed by atoms with Crippen LogP contribution in [-0.4, -0.2) is 5.71 Å². The maximum atomic E-state index is 7.22. The van der Waals surface area contributed by atoms with E-state index < -0.39 is 0 Å². The fraction of sp³-hybridized carbons (Fsp3) is 0.889. The Kier molecular flexibility index (Phi) is 5.27. The van der Waals surface area contributed by atoms with Crippen LogP contribution in [0.15, 0.2) is 0 Å². The van der Waals surface area contributed by atoms with Gasteiger partial charge in [-0.1, -0.05) is 26.7 Å². The Bertz CT molecular complexity index is 96.9. The van der Waals surface area contributed by atoms with E-state index in [0.717, 1.165) is 18.1 Å².